The quantitative estimate of drug-likeness (QED) is 0.773. The summed E-state index contributed by atoms with van der Waals surface area (Å²) in [5.74, 6) is 0. The molecule has 0 saturated carbocycles. The standard InChI is InChI=1S/C13H29N3/c1-4-9-16(5-2)13(12-14)7-6-10-15(3)11-8-13/h4-12,14H2,1-3H3. The first-order valence-corrected chi connectivity index (χ1v) is 6.82. The largest absolute Gasteiger partial charge is 0.329 e. The number of hydrogen-bond acceptors (Lipinski definition) is 3. The molecule has 1 saturated heterocycles. The Labute approximate surface area is 101 Å². The molecule has 0 aromatic rings. The number of nitrogens with zero attached hydrogens (tertiary/aromatic N) is 2. The van der Waals surface area contributed by atoms with Crippen molar-refractivity contribution in [1.82, 2.24) is 9.80 Å². The van der Waals surface area contributed by atoms with E-state index in [1.54, 1.807) is 0 Å². The fraction of sp³-hybridized carbons (Fsp3) is 1.00. The van der Waals surface area contributed by atoms with Gasteiger partial charge in [-0.15, -0.1) is 0 Å². The van der Waals surface area contributed by atoms with Gasteiger partial charge in [-0.1, -0.05) is 13.8 Å². The number of nitrogens with two attached hydrogens (primary N) is 1. The summed E-state index contributed by atoms with van der Waals surface area (Å²) in [6.07, 6.45) is 5.01. The van der Waals surface area contributed by atoms with Crippen LogP contribution in [0.1, 0.15) is 39.5 Å². The van der Waals surface area contributed by atoms with Crippen molar-refractivity contribution in [3.8, 4) is 0 Å². The Morgan fingerprint density at radius 1 is 1.25 bits per heavy atom. The van der Waals surface area contributed by atoms with Gasteiger partial charge in [0.15, 0.2) is 0 Å². The van der Waals surface area contributed by atoms with Gasteiger partial charge >= 0.3 is 0 Å². The van der Waals surface area contributed by atoms with Crippen molar-refractivity contribution < 1.29 is 0 Å². The van der Waals surface area contributed by atoms with Crippen LogP contribution < -0.4 is 5.73 Å². The van der Waals surface area contributed by atoms with E-state index in [0.29, 0.717) is 0 Å². The van der Waals surface area contributed by atoms with E-state index in [1.807, 2.05) is 0 Å². The Kier molecular flexibility index (Phi) is 5.73. The number of likely N-dealkylation sites (N-methyl/N-ethyl adjacent to an activating group) is 1. The smallest absolute Gasteiger partial charge is 0.0344 e. The first-order valence-electron chi connectivity index (χ1n) is 6.82. The zero-order chi connectivity index (χ0) is 12.0. The number of rotatable bonds is 5. The molecule has 1 aliphatic rings. The molecule has 2 N–H and O–H groups in total. The molecule has 0 amide bonds. The molecule has 1 rings (SSSR count). The molecular weight excluding hydrogens is 198 g/mol. The Morgan fingerprint density at radius 2 is 2.00 bits per heavy atom. The van der Waals surface area contributed by atoms with E-state index in [0.717, 1.165) is 13.1 Å². The zero-order valence-corrected chi connectivity index (χ0v) is 11.3. The van der Waals surface area contributed by atoms with Gasteiger partial charge in [-0.2, -0.15) is 0 Å². The molecule has 0 aliphatic carbocycles. The summed E-state index contributed by atoms with van der Waals surface area (Å²) in [7, 11) is 2.22. The molecule has 1 fully saturated rings. The second kappa shape index (κ2) is 6.58. The highest BCUT2D eigenvalue weighted by atomic mass is 15.2. The third-order valence-corrected chi connectivity index (χ3v) is 4.07. The van der Waals surface area contributed by atoms with Crippen molar-refractivity contribution in [3.05, 3.63) is 0 Å². The third-order valence-electron chi connectivity index (χ3n) is 4.07. The average molecular weight is 227 g/mol. The second-order valence-corrected chi connectivity index (χ2v) is 5.16. The minimum absolute atomic E-state index is 0.273. The van der Waals surface area contributed by atoms with Gasteiger partial charge in [0.1, 0.15) is 0 Å². The lowest BCUT2D eigenvalue weighted by Crippen LogP contribution is -2.54. The Balaban J connectivity index is 2.72. The van der Waals surface area contributed by atoms with Crippen LogP contribution in [0.5, 0.6) is 0 Å². The van der Waals surface area contributed by atoms with Crippen LogP contribution in [0.15, 0.2) is 0 Å². The molecular formula is C13H29N3. The minimum atomic E-state index is 0.273. The van der Waals surface area contributed by atoms with Crippen molar-refractivity contribution in [1.29, 1.82) is 0 Å². The van der Waals surface area contributed by atoms with E-state index in [4.69, 9.17) is 5.73 Å². The summed E-state index contributed by atoms with van der Waals surface area (Å²) < 4.78 is 0. The topological polar surface area (TPSA) is 32.5 Å². The van der Waals surface area contributed by atoms with E-state index in [1.165, 1.54) is 45.3 Å². The maximum atomic E-state index is 6.10. The molecule has 0 aromatic heterocycles. The van der Waals surface area contributed by atoms with E-state index in [-0.39, 0.29) is 5.54 Å². The maximum Gasteiger partial charge on any atom is 0.0344 e. The van der Waals surface area contributed by atoms with Gasteiger partial charge in [-0.25, -0.2) is 0 Å². The molecule has 0 spiro atoms. The molecule has 0 radical (unpaired) electrons. The van der Waals surface area contributed by atoms with Crippen molar-refractivity contribution in [2.45, 2.75) is 45.1 Å². The van der Waals surface area contributed by atoms with Crippen LogP contribution in [-0.4, -0.2) is 55.1 Å². The van der Waals surface area contributed by atoms with Gasteiger partial charge < -0.3 is 10.6 Å². The lowest BCUT2D eigenvalue weighted by Gasteiger charge is -2.42. The molecule has 1 atom stereocenters. The predicted molar refractivity (Wildman–Crippen MR) is 70.7 cm³/mol. The Bertz CT molecular complexity index is 196. The first kappa shape index (κ1) is 13.9. The second-order valence-electron chi connectivity index (χ2n) is 5.16. The Morgan fingerprint density at radius 3 is 2.56 bits per heavy atom. The third kappa shape index (κ3) is 3.19. The van der Waals surface area contributed by atoms with E-state index < -0.39 is 0 Å². The number of likely N-dealkylation sites (tertiary alicyclic amines) is 1. The normalized spacial score (nSPS) is 28.3. The number of hydrogen-bond donors (Lipinski definition) is 1. The first-order chi connectivity index (χ1) is 7.68. The van der Waals surface area contributed by atoms with Gasteiger partial charge in [0.2, 0.25) is 0 Å². The van der Waals surface area contributed by atoms with Crippen LogP contribution in [0, 0.1) is 0 Å². The molecule has 0 bridgehead atoms. The van der Waals surface area contributed by atoms with Crippen LogP contribution in [0.3, 0.4) is 0 Å². The minimum Gasteiger partial charge on any atom is -0.329 e. The van der Waals surface area contributed by atoms with Crippen LogP contribution in [0.25, 0.3) is 0 Å². The fourth-order valence-electron chi connectivity index (χ4n) is 2.96. The Hall–Kier alpha value is -0.120. The SMILES string of the molecule is CCCN(CC)C1(CN)CCCN(C)CC1. The molecule has 3 heteroatoms. The summed E-state index contributed by atoms with van der Waals surface area (Å²) in [5, 5.41) is 0. The highest BCUT2D eigenvalue weighted by Crippen LogP contribution is 2.27. The van der Waals surface area contributed by atoms with Gasteiger partial charge in [-0.3, -0.25) is 4.90 Å². The molecule has 3 nitrogen and oxygen atoms in total. The monoisotopic (exact) mass is 227 g/mol. The maximum absolute atomic E-state index is 6.10. The predicted octanol–water partition coefficient (Wildman–Crippen LogP) is 1.53. The van der Waals surface area contributed by atoms with Gasteiger partial charge in [-0.05, 0) is 58.9 Å². The van der Waals surface area contributed by atoms with E-state index in [2.05, 4.69) is 30.7 Å². The van der Waals surface area contributed by atoms with E-state index >= 15 is 0 Å². The van der Waals surface area contributed by atoms with Gasteiger partial charge in [0.05, 0.1) is 0 Å². The molecule has 1 unspecified atom stereocenters. The molecule has 0 aromatic carbocycles. The van der Waals surface area contributed by atoms with Crippen molar-refractivity contribution >= 4 is 0 Å². The van der Waals surface area contributed by atoms with Crippen LogP contribution in [-0.2, 0) is 0 Å². The summed E-state index contributed by atoms with van der Waals surface area (Å²) in [4.78, 5) is 5.06. The molecule has 1 aliphatic heterocycles. The van der Waals surface area contributed by atoms with Crippen LogP contribution in [0.4, 0.5) is 0 Å². The zero-order valence-electron chi connectivity index (χ0n) is 11.3. The lowest BCUT2D eigenvalue weighted by atomic mass is 9.88. The van der Waals surface area contributed by atoms with Crippen molar-refractivity contribution in [2.24, 2.45) is 5.73 Å². The summed E-state index contributed by atoms with van der Waals surface area (Å²) in [6.45, 7) is 10.1. The molecule has 1 heterocycles. The highest BCUT2D eigenvalue weighted by Gasteiger charge is 2.35. The van der Waals surface area contributed by atoms with Gasteiger partial charge in [0.25, 0.3) is 0 Å². The van der Waals surface area contributed by atoms with Crippen molar-refractivity contribution in [2.75, 3.05) is 39.8 Å². The summed E-state index contributed by atoms with van der Waals surface area (Å²) >= 11 is 0. The summed E-state index contributed by atoms with van der Waals surface area (Å²) in [6, 6.07) is 0. The van der Waals surface area contributed by atoms with Crippen molar-refractivity contribution in [3.63, 3.8) is 0 Å². The molecule has 16 heavy (non-hydrogen) atoms. The summed E-state index contributed by atoms with van der Waals surface area (Å²) in [5.41, 5.74) is 6.37. The van der Waals surface area contributed by atoms with Crippen LogP contribution >= 0.6 is 0 Å². The average Bonchev–Trinajstić information content (AvgIpc) is 2.49. The van der Waals surface area contributed by atoms with Crippen LogP contribution in [0.2, 0.25) is 0 Å². The fourth-order valence-corrected chi connectivity index (χ4v) is 2.96. The highest BCUT2D eigenvalue weighted by molar-refractivity contribution is 4.93. The molecule has 96 valence electrons. The van der Waals surface area contributed by atoms with E-state index in [9.17, 15) is 0 Å². The lowest BCUT2D eigenvalue weighted by molar-refractivity contribution is 0.0842. The van der Waals surface area contributed by atoms with Gasteiger partial charge in [0, 0.05) is 12.1 Å².